The number of nitrogens with one attached hydrogen (secondary N) is 1. The van der Waals surface area contributed by atoms with Crippen molar-refractivity contribution in [1.29, 1.82) is 0 Å². The summed E-state index contributed by atoms with van der Waals surface area (Å²) in [6.07, 6.45) is 0. The van der Waals surface area contributed by atoms with Crippen LogP contribution in [0.5, 0.6) is 0 Å². The third-order valence-corrected chi connectivity index (χ3v) is 4.86. The summed E-state index contributed by atoms with van der Waals surface area (Å²) < 4.78 is 1.13. The van der Waals surface area contributed by atoms with Crippen LogP contribution in [0.3, 0.4) is 0 Å². The summed E-state index contributed by atoms with van der Waals surface area (Å²) in [6.45, 7) is 1.79. The quantitative estimate of drug-likeness (QED) is 0.638. The molecule has 1 nitrogen and oxygen atoms in total. The molecule has 0 amide bonds. The lowest BCUT2D eigenvalue weighted by Gasteiger charge is -2.04. The summed E-state index contributed by atoms with van der Waals surface area (Å²) in [4.78, 5) is 2.69. The van der Waals surface area contributed by atoms with E-state index in [1.54, 1.807) is 0 Å². The predicted molar refractivity (Wildman–Crippen MR) is 94.4 cm³/mol. The van der Waals surface area contributed by atoms with Crippen LogP contribution < -0.4 is 5.32 Å². The first-order valence-corrected chi connectivity index (χ1v) is 8.51. The Kier molecular flexibility index (Phi) is 4.86. The molecule has 2 aromatic carbocycles. The van der Waals surface area contributed by atoms with Crippen molar-refractivity contribution < 1.29 is 0 Å². The van der Waals surface area contributed by atoms with Gasteiger partial charge in [-0.05, 0) is 35.4 Å². The summed E-state index contributed by atoms with van der Waals surface area (Å²) in [5, 5.41) is 3.50. The molecule has 0 saturated carbocycles. The molecule has 3 heteroatoms. The van der Waals surface area contributed by atoms with Gasteiger partial charge in [-0.3, -0.25) is 0 Å². The van der Waals surface area contributed by atoms with Crippen LogP contribution in [0, 0.1) is 0 Å². The summed E-state index contributed by atoms with van der Waals surface area (Å²) in [5.41, 5.74) is 2.59. The largest absolute Gasteiger partial charge is 0.308 e. The Morgan fingerprint density at radius 3 is 2.52 bits per heavy atom. The molecule has 1 N–H and O–H groups in total. The van der Waals surface area contributed by atoms with Gasteiger partial charge in [0, 0.05) is 27.3 Å². The highest BCUT2D eigenvalue weighted by atomic mass is 79.9. The minimum atomic E-state index is 0.887. The summed E-state index contributed by atoms with van der Waals surface area (Å²) in [5.74, 6) is 0. The topological polar surface area (TPSA) is 12.0 Å². The molecule has 106 valence electrons. The maximum Gasteiger partial charge on any atom is 0.0346 e. The Bertz CT molecular complexity index is 706. The van der Waals surface area contributed by atoms with Gasteiger partial charge in [-0.25, -0.2) is 0 Å². The van der Waals surface area contributed by atoms with E-state index in [0.717, 1.165) is 17.6 Å². The first-order valence-electron chi connectivity index (χ1n) is 6.90. The predicted octanol–water partition coefficient (Wildman–Crippen LogP) is 5.47. The summed E-state index contributed by atoms with van der Waals surface area (Å²) in [6, 6.07) is 23.4. The second kappa shape index (κ2) is 7.03. The Morgan fingerprint density at radius 1 is 0.857 bits per heavy atom. The van der Waals surface area contributed by atoms with E-state index in [9.17, 15) is 0 Å². The zero-order valence-corrected chi connectivity index (χ0v) is 14.0. The van der Waals surface area contributed by atoms with Crippen molar-refractivity contribution in [1.82, 2.24) is 5.32 Å². The number of halogens is 1. The summed E-state index contributed by atoms with van der Waals surface area (Å²) >= 11 is 5.35. The van der Waals surface area contributed by atoms with Gasteiger partial charge in [0.15, 0.2) is 0 Å². The van der Waals surface area contributed by atoms with Crippen molar-refractivity contribution in [2.45, 2.75) is 13.1 Å². The van der Waals surface area contributed by atoms with Gasteiger partial charge in [0.25, 0.3) is 0 Å². The van der Waals surface area contributed by atoms with Crippen LogP contribution in [0.2, 0.25) is 0 Å². The molecule has 21 heavy (non-hydrogen) atoms. The molecule has 1 heterocycles. The second-order valence-electron chi connectivity index (χ2n) is 4.87. The van der Waals surface area contributed by atoms with Gasteiger partial charge in [0.1, 0.15) is 0 Å². The van der Waals surface area contributed by atoms with Crippen LogP contribution in [0.15, 0.2) is 71.2 Å². The van der Waals surface area contributed by atoms with Crippen LogP contribution in [-0.2, 0) is 13.1 Å². The molecule has 0 spiro atoms. The number of benzene rings is 2. The first-order chi connectivity index (χ1) is 10.3. The van der Waals surface area contributed by atoms with Crippen LogP contribution in [-0.4, -0.2) is 0 Å². The average Bonchev–Trinajstić information content (AvgIpc) is 2.97. The fourth-order valence-electron chi connectivity index (χ4n) is 2.21. The van der Waals surface area contributed by atoms with Gasteiger partial charge in [0.05, 0.1) is 0 Å². The lowest BCUT2D eigenvalue weighted by molar-refractivity contribution is 0.701. The molecule has 1 aromatic heterocycles. The number of hydrogen-bond donors (Lipinski definition) is 1. The SMILES string of the molecule is Brc1cccc(CNCc2ccc(-c3ccccc3)s2)c1. The van der Waals surface area contributed by atoms with Crippen LogP contribution in [0.4, 0.5) is 0 Å². The van der Waals surface area contributed by atoms with Crippen molar-refractivity contribution >= 4 is 27.3 Å². The van der Waals surface area contributed by atoms with Crippen molar-refractivity contribution in [3.8, 4) is 10.4 Å². The highest BCUT2D eigenvalue weighted by Crippen LogP contribution is 2.27. The number of thiophene rings is 1. The monoisotopic (exact) mass is 357 g/mol. The average molecular weight is 358 g/mol. The molecule has 3 rings (SSSR count). The normalized spacial score (nSPS) is 10.7. The molecule has 0 atom stereocenters. The third-order valence-electron chi connectivity index (χ3n) is 3.24. The first kappa shape index (κ1) is 14.5. The van der Waals surface area contributed by atoms with E-state index < -0.39 is 0 Å². The number of rotatable bonds is 5. The van der Waals surface area contributed by atoms with Gasteiger partial charge >= 0.3 is 0 Å². The highest BCUT2D eigenvalue weighted by molar-refractivity contribution is 9.10. The highest BCUT2D eigenvalue weighted by Gasteiger charge is 2.02. The smallest absolute Gasteiger partial charge is 0.0346 e. The van der Waals surface area contributed by atoms with Crippen LogP contribution >= 0.6 is 27.3 Å². The minimum absolute atomic E-state index is 0.887. The van der Waals surface area contributed by atoms with Gasteiger partial charge in [-0.15, -0.1) is 11.3 Å². The molecule has 3 aromatic rings. The zero-order chi connectivity index (χ0) is 14.5. The van der Waals surface area contributed by atoms with Gasteiger partial charge in [-0.2, -0.15) is 0 Å². The van der Waals surface area contributed by atoms with E-state index in [1.165, 1.54) is 20.9 Å². The van der Waals surface area contributed by atoms with E-state index in [4.69, 9.17) is 0 Å². The van der Waals surface area contributed by atoms with E-state index in [2.05, 4.69) is 88.0 Å². The Morgan fingerprint density at radius 2 is 1.71 bits per heavy atom. The Balaban J connectivity index is 1.58. The summed E-state index contributed by atoms with van der Waals surface area (Å²) in [7, 11) is 0. The molecular weight excluding hydrogens is 342 g/mol. The molecule has 0 fully saturated rings. The molecule has 0 aliphatic heterocycles. The molecular formula is C18H16BrNS. The zero-order valence-electron chi connectivity index (χ0n) is 11.6. The van der Waals surface area contributed by atoms with Crippen LogP contribution in [0.1, 0.15) is 10.4 Å². The van der Waals surface area contributed by atoms with E-state index >= 15 is 0 Å². The third kappa shape index (κ3) is 4.03. The molecule has 0 unspecified atom stereocenters. The molecule has 0 aliphatic carbocycles. The van der Waals surface area contributed by atoms with Gasteiger partial charge in [-0.1, -0.05) is 58.4 Å². The van der Waals surface area contributed by atoms with Gasteiger partial charge in [0.2, 0.25) is 0 Å². The van der Waals surface area contributed by atoms with Crippen LogP contribution in [0.25, 0.3) is 10.4 Å². The Labute approximate surface area is 137 Å². The lowest BCUT2D eigenvalue weighted by Crippen LogP contribution is -2.11. The standard InChI is InChI=1S/C18H16BrNS/c19-16-8-4-5-14(11-16)12-20-13-17-9-10-18(21-17)15-6-2-1-3-7-15/h1-11,20H,12-13H2. The maximum atomic E-state index is 3.50. The van der Waals surface area contributed by atoms with E-state index in [-0.39, 0.29) is 0 Å². The maximum absolute atomic E-state index is 3.50. The molecule has 0 bridgehead atoms. The molecule has 0 saturated heterocycles. The minimum Gasteiger partial charge on any atom is -0.308 e. The van der Waals surface area contributed by atoms with Crippen molar-refractivity contribution in [2.75, 3.05) is 0 Å². The Hall–Kier alpha value is -1.42. The number of hydrogen-bond acceptors (Lipinski definition) is 2. The van der Waals surface area contributed by atoms with Crippen molar-refractivity contribution in [3.63, 3.8) is 0 Å². The fraction of sp³-hybridized carbons (Fsp3) is 0.111. The van der Waals surface area contributed by atoms with E-state index in [1.807, 2.05) is 11.3 Å². The second-order valence-corrected chi connectivity index (χ2v) is 6.95. The fourth-order valence-corrected chi connectivity index (χ4v) is 3.64. The van der Waals surface area contributed by atoms with E-state index in [0.29, 0.717) is 0 Å². The van der Waals surface area contributed by atoms with Gasteiger partial charge < -0.3 is 5.32 Å². The van der Waals surface area contributed by atoms with Crippen molar-refractivity contribution in [2.24, 2.45) is 0 Å². The lowest BCUT2D eigenvalue weighted by atomic mass is 10.2. The molecule has 0 radical (unpaired) electrons. The molecule has 0 aliphatic rings. The van der Waals surface area contributed by atoms with Crippen molar-refractivity contribution in [3.05, 3.63) is 81.6 Å².